The Morgan fingerprint density at radius 1 is 1.25 bits per heavy atom. The van der Waals surface area contributed by atoms with Crippen LogP contribution in [0.4, 0.5) is 14.5 Å². The molecule has 0 aromatic heterocycles. The number of carbonyl (C=O) groups excluding carboxylic acids is 2. The molecule has 1 aliphatic rings. The van der Waals surface area contributed by atoms with E-state index in [1.165, 1.54) is 9.80 Å². The molecule has 7 heteroatoms. The van der Waals surface area contributed by atoms with Crippen LogP contribution < -0.4 is 5.73 Å². The molecule has 1 aromatic rings. The average molecular weight is 283 g/mol. The van der Waals surface area contributed by atoms with Crippen molar-refractivity contribution in [2.24, 2.45) is 0 Å². The van der Waals surface area contributed by atoms with Crippen molar-refractivity contribution < 1.29 is 18.4 Å². The molecule has 2 N–H and O–H groups in total. The molecule has 0 aliphatic carbocycles. The molecule has 1 aliphatic heterocycles. The van der Waals surface area contributed by atoms with Gasteiger partial charge >= 0.3 is 0 Å². The maximum Gasteiger partial charge on any atom is 0.257 e. The predicted molar refractivity (Wildman–Crippen MR) is 68.9 cm³/mol. The molecule has 0 radical (unpaired) electrons. The summed E-state index contributed by atoms with van der Waals surface area (Å²) >= 11 is 0. The molecular formula is C13H15F2N3O2. The maximum absolute atomic E-state index is 13.7. The van der Waals surface area contributed by atoms with Gasteiger partial charge in [0, 0.05) is 26.2 Å². The molecule has 108 valence electrons. The van der Waals surface area contributed by atoms with Crippen LogP contribution in [0.3, 0.4) is 0 Å². The van der Waals surface area contributed by atoms with Gasteiger partial charge in [-0.05, 0) is 12.5 Å². The minimum Gasteiger partial charge on any atom is -0.396 e. The number of benzene rings is 1. The summed E-state index contributed by atoms with van der Waals surface area (Å²) in [5.41, 5.74) is 4.73. The molecule has 0 atom stereocenters. The average Bonchev–Trinajstić information content (AvgIpc) is 2.56. The van der Waals surface area contributed by atoms with Gasteiger partial charge in [0.2, 0.25) is 5.91 Å². The Labute approximate surface area is 114 Å². The van der Waals surface area contributed by atoms with E-state index >= 15 is 0 Å². The Morgan fingerprint density at radius 2 is 1.95 bits per heavy atom. The molecule has 0 unspecified atom stereocenters. The molecule has 20 heavy (non-hydrogen) atoms. The first kappa shape index (κ1) is 14.2. The second-order valence-corrected chi connectivity index (χ2v) is 4.75. The standard InChI is InChI=1S/C13H15F2N3O2/c1-17-3-2-4-18(7-12(17)19)13(20)8-5-11(16)10(15)6-9(8)14/h5-6H,2-4,7,16H2,1H3. The summed E-state index contributed by atoms with van der Waals surface area (Å²) in [4.78, 5) is 26.7. The summed E-state index contributed by atoms with van der Waals surface area (Å²) in [5.74, 6) is -2.76. The van der Waals surface area contributed by atoms with Gasteiger partial charge in [-0.3, -0.25) is 9.59 Å². The molecule has 1 saturated heterocycles. The summed E-state index contributed by atoms with van der Waals surface area (Å²) in [6.07, 6.45) is 0.603. The highest BCUT2D eigenvalue weighted by atomic mass is 19.1. The number of halogens is 2. The molecule has 5 nitrogen and oxygen atoms in total. The number of nitrogen functional groups attached to an aromatic ring is 1. The first-order valence-corrected chi connectivity index (χ1v) is 6.18. The lowest BCUT2D eigenvalue weighted by atomic mass is 10.1. The SMILES string of the molecule is CN1CCCN(C(=O)c2cc(N)c(F)cc2F)CC1=O. The van der Waals surface area contributed by atoms with Gasteiger partial charge in [0.15, 0.2) is 0 Å². The molecule has 0 bridgehead atoms. The van der Waals surface area contributed by atoms with Crippen molar-refractivity contribution in [3.8, 4) is 0 Å². The molecule has 1 fully saturated rings. The zero-order valence-electron chi connectivity index (χ0n) is 11.0. The molecule has 0 spiro atoms. The minimum absolute atomic E-state index is 0.119. The smallest absolute Gasteiger partial charge is 0.257 e. The van der Waals surface area contributed by atoms with Crippen LogP contribution in [0, 0.1) is 11.6 Å². The predicted octanol–water partition coefficient (Wildman–Crippen LogP) is 0.851. The number of rotatable bonds is 1. The zero-order chi connectivity index (χ0) is 14.9. The van der Waals surface area contributed by atoms with E-state index in [0.29, 0.717) is 25.6 Å². The highest BCUT2D eigenvalue weighted by Gasteiger charge is 2.26. The van der Waals surface area contributed by atoms with E-state index in [2.05, 4.69) is 0 Å². The van der Waals surface area contributed by atoms with E-state index < -0.39 is 17.5 Å². The van der Waals surface area contributed by atoms with Crippen LogP contribution in [0.2, 0.25) is 0 Å². The van der Waals surface area contributed by atoms with Crippen molar-refractivity contribution in [2.75, 3.05) is 32.4 Å². The highest BCUT2D eigenvalue weighted by Crippen LogP contribution is 2.19. The second kappa shape index (κ2) is 5.44. The van der Waals surface area contributed by atoms with Crippen molar-refractivity contribution in [3.63, 3.8) is 0 Å². The van der Waals surface area contributed by atoms with E-state index in [4.69, 9.17) is 5.73 Å². The van der Waals surface area contributed by atoms with Gasteiger partial charge in [-0.25, -0.2) is 8.78 Å². The largest absolute Gasteiger partial charge is 0.396 e. The molecule has 1 aromatic carbocycles. The fraction of sp³-hybridized carbons (Fsp3) is 0.385. The lowest BCUT2D eigenvalue weighted by Crippen LogP contribution is -2.38. The van der Waals surface area contributed by atoms with Gasteiger partial charge in [0.1, 0.15) is 18.2 Å². The number of anilines is 1. The van der Waals surface area contributed by atoms with Crippen molar-refractivity contribution in [3.05, 3.63) is 29.3 Å². The fourth-order valence-corrected chi connectivity index (χ4v) is 2.06. The lowest BCUT2D eigenvalue weighted by molar-refractivity contribution is -0.129. The number of likely N-dealkylation sites (N-methyl/N-ethyl adjacent to an activating group) is 1. The Morgan fingerprint density at radius 3 is 2.65 bits per heavy atom. The maximum atomic E-state index is 13.7. The molecule has 1 heterocycles. The van der Waals surface area contributed by atoms with Gasteiger partial charge in [-0.15, -0.1) is 0 Å². The Hall–Kier alpha value is -2.18. The van der Waals surface area contributed by atoms with E-state index in [1.54, 1.807) is 7.05 Å². The molecule has 2 amide bonds. The van der Waals surface area contributed by atoms with Crippen LogP contribution in [-0.4, -0.2) is 48.3 Å². The van der Waals surface area contributed by atoms with Gasteiger partial charge in [0.25, 0.3) is 5.91 Å². The van der Waals surface area contributed by atoms with Crippen molar-refractivity contribution in [1.82, 2.24) is 9.80 Å². The first-order chi connectivity index (χ1) is 9.40. The number of nitrogens with zero attached hydrogens (tertiary/aromatic N) is 2. The number of amides is 2. The van der Waals surface area contributed by atoms with E-state index in [-0.39, 0.29) is 23.7 Å². The van der Waals surface area contributed by atoms with Crippen LogP contribution in [0.25, 0.3) is 0 Å². The quantitative estimate of drug-likeness (QED) is 0.777. The topological polar surface area (TPSA) is 66.6 Å². The summed E-state index contributed by atoms with van der Waals surface area (Å²) in [6, 6.07) is 1.54. The Kier molecular flexibility index (Phi) is 3.87. The third-order valence-electron chi connectivity index (χ3n) is 3.28. The summed E-state index contributed by atoms with van der Waals surface area (Å²) < 4.78 is 26.8. The Balaban J connectivity index is 2.27. The van der Waals surface area contributed by atoms with Gasteiger partial charge in [-0.1, -0.05) is 0 Å². The monoisotopic (exact) mass is 283 g/mol. The summed E-state index contributed by atoms with van der Waals surface area (Å²) in [5, 5.41) is 0. The zero-order valence-corrected chi connectivity index (χ0v) is 11.0. The Bertz CT molecular complexity index is 563. The van der Waals surface area contributed by atoms with Crippen molar-refractivity contribution >= 4 is 17.5 Å². The number of nitrogens with two attached hydrogens (primary N) is 1. The number of hydrogen-bond donors (Lipinski definition) is 1. The third-order valence-corrected chi connectivity index (χ3v) is 3.28. The highest BCUT2D eigenvalue weighted by molar-refractivity contribution is 5.97. The third kappa shape index (κ3) is 2.71. The molecular weight excluding hydrogens is 268 g/mol. The van der Waals surface area contributed by atoms with Crippen LogP contribution in [0.15, 0.2) is 12.1 Å². The van der Waals surface area contributed by atoms with E-state index in [1.807, 2.05) is 0 Å². The second-order valence-electron chi connectivity index (χ2n) is 4.75. The van der Waals surface area contributed by atoms with Crippen LogP contribution >= 0.6 is 0 Å². The summed E-state index contributed by atoms with van der Waals surface area (Å²) in [6.45, 7) is 0.758. The fourth-order valence-electron chi connectivity index (χ4n) is 2.06. The van der Waals surface area contributed by atoms with E-state index in [9.17, 15) is 18.4 Å². The van der Waals surface area contributed by atoms with Crippen molar-refractivity contribution in [1.29, 1.82) is 0 Å². The van der Waals surface area contributed by atoms with Gasteiger partial charge in [-0.2, -0.15) is 0 Å². The van der Waals surface area contributed by atoms with Crippen LogP contribution in [0.5, 0.6) is 0 Å². The van der Waals surface area contributed by atoms with Gasteiger partial charge in [0.05, 0.1) is 11.3 Å². The lowest BCUT2D eigenvalue weighted by Gasteiger charge is -2.20. The van der Waals surface area contributed by atoms with Crippen LogP contribution in [-0.2, 0) is 4.79 Å². The molecule has 2 rings (SSSR count). The van der Waals surface area contributed by atoms with Crippen molar-refractivity contribution in [2.45, 2.75) is 6.42 Å². The van der Waals surface area contributed by atoms with Crippen LogP contribution in [0.1, 0.15) is 16.8 Å². The number of carbonyl (C=O) groups is 2. The van der Waals surface area contributed by atoms with Gasteiger partial charge < -0.3 is 15.5 Å². The summed E-state index contributed by atoms with van der Waals surface area (Å²) in [7, 11) is 1.65. The molecule has 0 saturated carbocycles. The number of hydrogen-bond acceptors (Lipinski definition) is 3. The minimum atomic E-state index is -0.980. The van der Waals surface area contributed by atoms with E-state index in [0.717, 1.165) is 6.07 Å². The first-order valence-electron chi connectivity index (χ1n) is 6.18. The normalized spacial score (nSPS) is 16.2.